The van der Waals surface area contributed by atoms with Gasteiger partial charge in [0.2, 0.25) is 0 Å². The van der Waals surface area contributed by atoms with Crippen molar-refractivity contribution in [1.82, 2.24) is 5.32 Å². The van der Waals surface area contributed by atoms with Crippen molar-refractivity contribution in [3.63, 3.8) is 0 Å². The molecule has 1 fully saturated rings. The zero-order chi connectivity index (χ0) is 17.3. The summed E-state index contributed by atoms with van der Waals surface area (Å²) in [6.45, 7) is 1.44. The first-order valence-corrected chi connectivity index (χ1v) is 8.95. The monoisotopic (exact) mass is 343 g/mol. The lowest BCUT2D eigenvalue weighted by molar-refractivity contribution is -0.144. The zero-order valence-electron chi connectivity index (χ0n) is 12.6. The summed E-state index contributed by atoms with van der Waals surface area (Å²) < 4.78 is 37.6. The first-order valence-electron chi connectivity index (χ1n) is 7.30. The third-order valence-corrected chi connectivity index (χ3v) is 5.87. The van der Waals surface area contributed by atoms with Crippen LogP contribution in [0.4, 0.5) is 4.39 Å². The van der Waals surface area contributed by atoms with Crippen molar-refractivity contribution in [2.45, 2.75) is 43.0 Å². The van der Waals surface area contributed by atoms with E-state index in [1.807, 2.05) is 0 Å². The van der Waals surface area contributed by atoms with Crippen LogP contribution >= 0.6 is 0 Å². The Morgan fingerprint density at radius 2 is 1.91 bits per heavy atom. The number of hydrogen-bond donors (Lipinski definition) is 2. The summed E-state index contributed by atoms with van der Waals surface area (Å²) in [7, 11) is -3.59. The van der Waals surface area contributed by atoms with Crippen LogP contribution in [0.25, 0.3) is 0 Å². The molecular formula is C15H18FNO5S. The molecule has 1 aromatic carbocycles. The average molecular weight is 343 g/mol. The molecule has 0 unspecified atom stereocenters. The van der Waals surface area contributed by atoms with E-state index in [-0.39, 0.29) is 23.5 Å². The number of halogens is 1. The molecule has 1 aliphatic rings. The number of amides is 1. The van der Waals surface area contributed by atoms with Crippen LogP contribution in [-0.2, 0) is 14.6 Å². The van der Waals surface area contributed by atoms with E-state index in [0.717, 1.165) is 18.2 Å². The Bertz CT molecular complexity index is 738. The molecule has 0 saturated heterocycles. The van der Waals surface area contributed by atoms with Gasteiger partial charge in [0, 0.05) is 0 Å². The van der Waals surface area contributed by atoms with E-state index in [2.05, 4.69) is 5.32 Å². The van der Waals surface area contributed by atoms with Crippen LogP contribution in [0.1, 0.15) is 43.0 Å². The SMILES string of the molecule is CCS(=O)(=O)c1ccc(F)c(C(=O)NC2(C(=O)O)CCCC2)c1. The third-order valence-electron chi connectivity index (χ3n) is 4.14. The minimum absolute atomic E-state index is 0.164. The highest BCUT2D eigenvalue weighted by atomic mass is 32.2. The summed E-state index contributed by atoms with van der Waals surface area (Å²) in [6, 6.07) is 2.95. The van der Waals surface area contributed by atoms with Crippen molar-refractivity contribution in [1.29, 1.82) is 0 Å². The number of carbonyl (C=O) groups excluding carboxylic acids is 1. The Morgan fingerprint density at radius 3 is 2.43 bits per heavy atom. The molecule has 23 heavy (non-hydrogen) atoms. The maximum Gasteiger partial charge on any atom is 0.329 e. The van der Waals surface area contributed by atoms with Gasteiger partial charge >= 0.3 is 5.97 Å². The number of carbonyl (C=O) groups is 2. The third kappa shape index (κ3) is 3.36. The van der Waals surface area contributed by atoms with Crippen LogP contribution in [-0.4, -0.2) is 36.7 Å². The predicted octanol–water partition coefficient (Wildman–Crippen LogP) is 1.75. The van der Waals surface area contributed by atoms with Gasteiger partial charge in [-0.15, -0.1) is 0 Å². The van der Waals surface area contributed by atoms with Gasteiger partial charge in [-0.25, -0.2) is 17.6 Å². The first-order chi connectivity index (χ1) is 10.7. The molecule has 1 aliphatic carbocycles. The fourth-order valence-electron chi connectivity index (χ4n) is 2.69. The Morgan fingerprint density at radius 1 is 1.30 bits per heavy atom. The molecule has 8 heteroatoms. The van der Waals surface area contributed by atoms with E-state index < -0.39 is 38.6 Å². The number of hydrogen-bond acceptors (Lipinski definition) is 4. The molecule has 1 saturated carbocycles. The first kappa shape index (κ1) is 17.4. The molecule has 0 aliphatic heterocycles. The minimum atomic E-state index is -3.59. The Balaban J connectivity index is 2.36. The number of benzene rings is 1. The second kappa shape index (κ2) is 6.27. The predicted molar refractivity (Wildman–Crippen MR) is 80.4 cm³/mol. The lowest BCUT2D eigenvalue weighted by Gasteiger charge is -2.25. The van der Waals surface area contributed by atoms with Crippen LogP contribution in [0.2, 0.25) is 0 Å². The van der Waals surface area contributed by atoms with Gasteiger partial charge in [-0.3, -0.25) is 4.79 Å². The molecule has 0 spiro atoms. The number of carboxylic acids is 1. The second-order valence-corrected chi connectivity index (χ2v) is 7.87. The highest BCUT2D eigenvalue weighted by molar-refractivity contribution is 7.91. The Hall–Kier alpha value is -1.96. The van der Waals surface area contributed by atoms with Gasteiger partial charge in [-0.1, -0.05) is 19.8 Å². The summed E-state index contributed by atoms with van der Waals surface area (Å²) in [4.78, 5) is 23.6. The number of carboxylic acid groups (broad SMARTS) is 1. The van der Waals surface area contributed by atoms with E-state index in [1.54, 1.807) is 0 Å². The van der Waals surface area contributed by atoms with Gasteiger partial charge in [-0.05, 0) is 31.0 Å². The van der Waals surface area contributed by atoms with Crippen LogP contribution < -0.4 is 5.32 Å². The maximum atomic E-state index is 13.9. The van der Waals surface area contributed by atoms with Crippen LogP contribution in [0.15, 0.2) is 23.1 Å². The smallest absolute Gasteiger partial charge is 0.329 e. The molecule has 0 heterocycles. The van der Waals surface area contributed by atoms with Crippen molar-refractivity contribution >= 4 is 21.7 Å². The van der Waals surface area contributed by atoms with Crippen molar-refractivity contribution in [2.24, 2.45) is 0 Å². The fraction of sp³-hybridized carbons (Fsp3) is 0.467. The highest BCUT2D eigenvalue weighted by Gasteiger charge is 2.43. The molecule has 126 valence electrons. The minimum Gasteiger partial charge on any atom is -0.480 e. The fourth-order valence-corrected chi connectivity index (χ4v) is 3.60. The van der Waals surface area contributed by atoms with Crippen LogP contribution in [0, 0.1) is 5.82 Å². The summed E-state index contributed by atoms with van der Waals surface area (Å²) in [5, 5.41) is 11.7. The second-order valence-electron chi connectivity index (χ2n) is 5.59. The summed E-state index contributed by atoms with van der Waals surface area (Å²) in [5.74, 6) is -3.16. The van der Waals surface area contributed by atoms with Gasteiger partial charge in [0.25, 0.3) is 5.91 Å². The number of rotatable bonds is 5. The quantitative estimate of drug-likeness (QED) is 0.793. The van der Waals surface area contributed by atoms with Crippen LogP contribution in [0.3, 0.4) is 0 Å². The van der Waals surface area contributed by atoms with E-state index in [0.29, 0.717) is 12.8 Å². The van der Waals surface area contributed by atoms with Crippen molar-refractivity contribution < 1.29 is 27.5 Å². The lowest BCUT2D eigenvalue weighted by Crippen LogP contribution is -2.52. The number of nitrogens with one attached hydrogen (secondary N) is 1. The van der Waals surface area contributed by atoms with E-state index >= 15 is 0 Å². The normalized spacial score (nSPS) is 17.0. The van der Waals surface area contributed by atoms with Crippen LogP contribution in [0.5, 0.6) is 0 Å². The molecule has 0 bridgehead atoms. The van der Waals surface area contributed by atoms with Gasteiger partial charge in [0.05, 0.1) is 16.2 Å². The van der Waals surface area contributed by atoms with Crippen molar-refractivity contribution in [3.8, 4) is 0 Å². The largest absolute Gasteiger partial charge is 0.480 e. The van der Waals surface area contributed by atoms with E-state index in [1.165, 1.54) is 6.92 Å². The van der Waals surface area contributed by atoms with E-state index in [9.17, 15) is 27.5 Å². The van der Waals surface area contributed by atoms with E-state index in [4.69, 9.17) is 0 Å². The van der Waals surface area contributed by atoms with Gasteiger partial charge < -0.3 is 10.4 Å². The molecule has 6 nitrogen and oxygen atoms in total. The average Bonchev–Trinajstić information content (AvgIpc) is 2.97. The summed E-state index contributed by atoms with van der Waals surface area (Å²) in [5.41, 5.74) is -1.88. The molecule has 0 atom stereocenters. The number of aliphatic carboxylic acids is 1. The zero-order valence-corrected chi connectivity index (χ0v) is 13.5. The Kier molecular flexibility index (Phi) is 4.74. The van der Waals surface area contributed by atoms with Crippen molar-refractivity contribution in [3.05, 3.63) is 29.6 Å². The summed E-state index contributed by atoms with van der Waals surface area (Å²) in [6.07, 6.45) is 1.84. The van der Waals surface area contributed by atoms with Gasteiger partial charge in [0.1, 0.15) is 11.4 Å². The van der Waals surface area contributed by atoms with Gasteiger partial charge in [0.15, 0.2) is 9.84 Å². The van der Waals surface area contributed by atoms with Crippen molar-refractivity contribution in [2.75, 3.05) is 5.75 Å². The molecule has 2 rings (SSSR count). The van der Waals surface area contributed by atoms with Gasteiger partial charge in [-0.2, -0.15) is 0 Å². The topological polar surface area (TPSA) is 101 Å². The maximum absolute atomic E-state index is 13.9. The lowest BCUT2D eigenvalue weighted by atomic mass is 9.97. The molecule has 1 amide bonds. The molecular weight excluding hydrogens is 325 g/mol. The molecule has 0 aromatic heterocycles. The summed E-state index contributed by atoms with van der Waals surface area (Å²) >= 11 is 0. The molecule has 1 aromatic rings. The number of sulfone groups is 1. The molecule has 0 radical (unpaired) electrons. The highest BCUT2D eigenvalue weighted by Crippen LogP contribution is 2.30. The Labute approximate surface area is 133 Å². The standard InChI is InChI=1S/C15H18FNO5S/c1-2-23(21,22)10-5-6-12(16)11(9-10)13(18)17-15(14(19)20)7-3-4-8-15/h5-6,9H,2-4,7-8H2,1H3,(H,17,18)(H,19,20). The molecule has 2 N–H and O–H groups in total.